The van der Waals surface area contributed by atoms with Crippen molar-refractivity contribution in [1.82, 2.24) is 21.5 Å². The van der Waals surface area contributed by atoms with Crippen LogP contribution in [-0.4, -0.2) is 36.3 Å². The van der Waals surface area contributed by atoms with Gasteiger partial charge < -0.3 is 9.47 Å². The van der Waals surface area contributed by atoms with Gasteiger partial charge in [-0.05, 0) is 84.1 Å². The molecule has 0 aliphatic rings. The lowest BCUT2D eigenvalue weighted by molar-refractivity contribution is 0.0968. The summed E-state index contributed by atoms with van der Waals surface area (Å²) in [6.07, 6.45) is 0. The van der Waals surface area contributed by atoms with Crippen LogP contribution in [0.1, 0.15) is 20.7 Å². The van der Waals surface area contributed by atoms with Gasteiger partial charge in [0.05, 0.1) is 25.6 Å². The molecule has 0 radical (unpaired) electrons. The van der Waals surface area contributed by atoms with Crippen LogP contribution < -0.4 is 41.8 Å². The van der Waals surface area contributed by atoms with Crippen molar-refractivity contribution in [2.75, 3.05) is 25.1 Å². The van der Waals surface area contributed by atoms with Gasteiger partial charge in [0.1, 0.15) is 11.5 Å². The Bertz CT molecular complexity index is 1470. The number of nitrogens with one attached hydrogen (secondary N) is 6. The highest BCUT2D eigenvalue weighted by Gasteiger charge is 2.12. The van der Waals surface area contributed by atoms with Crippen molar-refractivity contribution >= 4 is 57.8 Å². The molecule has 42 heavy (non-hydrogen) atoms. The third-order valence-corrected chi connectivity index (χ3v) is 6.29. The lowest BCUT2D eigenvalue weighted by Gasteiger charge is -2.17. The molecule has 214 valence electrons. The predicted molar refractivity (Wildman–Crippen MR) is 172 cm³/mol. The van der Waals surface area contributed by atoms with E-state index in [9.17, 15) is 9.59 Å². The van der Waals surface area contributed by atoms with E-state index < -0.39 is 0 Å². The van der Waals surface area contributed by atoms with E-state index >= 15 is 0 Å². The smallest absolute Gasteiger partial charge is 0.257 e. The molecule has 0 bridgehead atoms. The van der Waals surface area contributed by atoms with Gasteiger partial charge in [-0.1, -0.05) is 48.5 Å². The molecule has 4 rings (SSSR count). The molecule has 0 aliphatic heterocycles. The van der Waals surface area contributed by atoms with Gasteiger partial charge in [0.2, 0.25) is 0 Å². The topological polar surface area (TPSA) is 125 Å². The third-order valence-electron chi connectivity index (χ3n) is 5.88. The second kappa shape index (κ2) is 14.4. The maximum Gasteiger partial charge on any atom is 0.257 e. The molecule has 0 aromatic heterocycles. The van der Waals surface area contributed by atoms with Gasteiger partial charge in [0, 0.05) is 11.1 Å². The van der Waals surface area contributed by atoms with E-state index in [1.165, 1.54) is 0 Å². The largest absolute Gasteiger partial charge is 0.494 e. The number of methoxy groups -OCH3 is 2. The number of rotatable bonds is 9. The molecule has 0 atom stereocenters. The van der Waals surface area contributed by atoms with E-state index in [0.717, 1.165) is 11.1 Å². The van der Waals surface area contributed by atoms with Crippen molar-refractivity contribution in [3.63, 3.8) is 0 Å². The summed E-state index contributed by atoms with van der Waals surface area (Å²) in [5.41, 5.74) is 15.5. The van der Waals surface area contributed by atoms with Crippen LogP contribution in [0.25, 0.3) is 11.1 Å². The minimum atomic E-state index is -0.321. The number of carbonyl (C=O) groups is 2. The van der Waals surface area contributed by atoms with Gasteiger partial charge in [0.25, 0.3) is 11.8 Å². The molecule has 6 N–H and O–H groups in total. The minimum Gasteiger partial charge on any atom is -0.494 e. The third kappa shape index (κ3) is 7.93. The van der Waals surface area contributed by atoms with E-state index in [1.54, 1.807) is 62.8 Å². The molecule has 0 spiro atoms. The van der Waals surface area contributed by atoms with Crippen LogP contribution in [-0.2, 0) is 0 Å². The zero-order valence-electron chi connectivity index (χ0n) is 22.7. The number of hydrogen-bond acceptors (Lipinski definition) is 8. The number of benzene rings is 4. The summed E-state index contributed by atoms with van der Waals surface area (Å²) in [5.74, 6) is 0.440. The highest BCUT2D eigenvalue weighted by Crippen LogP contribution is 2.34. The molecule has 0 fully saturated rings. The maximum atomic E-state index is 12.3. The Hall–Kier alpha value is -5.20. The van der Waals surface area contributed by atoms with E-state index in [2.05, 4.69) is 32.3 Å². The fraction of sp³-hybridized carbons (Fsp3) is 0.0667. The molecule has 4 aromatic rings. The second-order valence-electron chi connectivity index (χ2n) is 8.63. The molecule has 0 saturated carbocycles. The summed E-state index contributed by atoms with van der Waals surface area (Å²) in [6, 6.07) is 28.7. The van der Waals surface area contributed by atoms with Crippen molar-refractivity contribution in [1.29, 1.82) is 0 Å². The molecule has 4 aromatic carbocycles. The average Bonchev–Trinajstić information content (AvgIpc) is 3.03. The Morgan fingerprint density at radius 3 is 1.31 bits per heavy atom. The van der Waals surface area contributed by atoms with Gasteiger partial charge in [-0.2, -0.15) is 0 Å². The van der Waals surface area contributed by atoms with Gasteiger partial charge in [0.15, 0.2) is 10.2 Å². The molecule has 10 nitrogen and oxygen atoms in total. The highest BCUT2D eigenvalue weighted by molar-refractivity contribution is 7.80. The maximum absolute atomic E-state index is 12.3. The van der Waals surface area contributed by atoms with Crippen molar-refractivity contribution in [3.8, 4) is 22.6 Å². The van der Waals surface area contributed by atoms with Crippen LogP contribution in [0.3, 0.4) is 0 Å². The van der Waals surface area contributed by atoms with Gasteiger partial charge in [-0.25, -0.2) is 0 Å². The number of anilines is 2. The summed E-state index contributed by atoms with van der Waals surface area (Å²) in [4.78, 5) is 24.6. The van der Waals surface area contributed by atoms with Gasteiger partial charge >= 0.3 is 0 Å². The van der Waals surface area contributed by atoms with E-state index in [4.69, 9.17) is 33.9 Å². The lowest BCUT2D eigenvalue weighted by atomic mass is 10.0. The molecule has 0 saturated heterocycles. The molecule has 2 amide bonds. The Labute approximate surface area is 253 Å². The highest BCUT2D eigenvalue weighted by atomic mass is 32.1. The molecular formula is C30H28N6O4S2. The summed E-state index contributed by atoms with van der Waals surface area (Å²) in [6.45, 7) is 0. The Kier molecular flexibility index (Phi) is 10.2. The van der Waals surface area contributed by atoms with Gasteiger partial charge in [-0.3, -0.25) is 41.9 Å². The number of hydrazine groups is 2. The Balaban J connectivity index is 1.36. The monoisotopic (exact) mass is 600 g/mol. The van der Waals surface area contributed by atoms with Crippen LogP contribution in [0.5, 0.6) is 11.5 Å². The molecule has 0 heterocycles. The van der Waals surface area contributed by atoms with Crippen LogP contribution >= 0.6 is 24.4 Å². The van der Waals surface area contributed by atoms with Gasteiger partial charge in [-0.15, -0.1) is 0 Å². The number of ether oxygens (including phenoxy) is 2. The minimum absolute atomic E-state index is 0.107. The quantitative estimate of drug-likeness (QED) is 0.120. The SMILES string of the molecule is COc1cc(-c2ccc(NNC(=S)NC(=O)c3ccccc3)c(OC)c2)ccc1NNC(=S)NC(=O)c1ccccc1. The lowest BCUT2D eigenvalue weighted by Crippen LogP contribution is -2.42. The van der Waals surface area contributed by atoms with Crippen LogP contribution in [0.15, 0.2) is 97.1 Å². The fourth-order valence-corrected chi connectivity index (χ4v) is 4.08. The zero-order valence-corrected chi connectivity index (χ0v) is 24.3. The first kappa shape index (κ1) is 29.8. The molecular weight excluding hydrogens is 573 g/mol. The van der Waals surface area contributed by atoms with E-state index in [0.29, 0.717) is 34.0 Å². The van der Waals surface area contributed by atoms with Crippen molar-refractivity contribution in [2.45, 2.75) is 0 Å². The summed E-state index contributed by atoms with van der Waals surface area (Å²) >= 11 is 10.5. The molecule has 0 aliphatic carbocycles. The molecule has 0 unspecified atom stereocenters. The number of amides is 2. The van der Waals surface area contributed by atoms with Crippen molar-refractivity contribution in [2.24, 2.45) is 0 Å². The summed E-state index contributed by atoms with van der Waals surface area (Å²) in [5, 5.41) is 5.45. The van der Waals surface area contributed by atoms with Crippen LogP contribution in [0.2, 0.25) is 0 Å². The van der Waals surface area contributed by atoms with E-state index in [1.807, 2.05) is 48.5 Å². The van der Waals surface area contributed by atoms with Crippen molar-refractivity contribution in [3.05, 3.63) is 108 Å². The first-order valence-electron chi connectivity index (χ1n) is 12.6. The summed E-state index contributed by atoms with van der Waals surface area (Å²) in [7, 11) is 3.11. The van der Waals surface area contributed by atoms with Crippen LogP contribution in [0, 0.1) is 0 Å². The first-order valence-corrected chi connectivity index (χ1v) is 13.4. The Morgan fingerprint density at radius 1 is 0.571 bits per heavy atom. The number of carbonyl (C=O) groups excluding carboxylic acids is 2. The second-order valence-corrected chi connectivity index (χ2v) is 9.45. The fourth-order valence-electron chi connectivity index (χ4n) is 3.79. The average molecular weight is 601 g/mol. The summed E-state index contributed by atoms with van der Waals surface area (Å²) < 4.78 is 11.1. The van der Waals surface area contributed by atoms with Crippen LogP contribution in [0.4, 0.5) is 11.4 Å². The first-order chi connectivity index (χ1) is 20.4. The van der Waals surface area contributed by atoms with E-state index in [-0.39, 0.29) is 22.0 Å². The Morgan fingerprint density at radius 2 is 0.952 bits per heavy atom. The van der Waals surface area contributed by atoms with Crippen molar-refractivity contribution < 1.29 is 19.1 Å². The number of thiocarbonyl (C=S) groups is 2. The number of hydrogen-bond donors (Lipinski definition) is 6. The zero-order chi connectivity index (χ0) is 29.9. The molecule has 12 heteroatoms. The normalized spacial score (nSPS) is 10.0. The standard InChI is InChI=1S/C30H28N6O4S2/c1-39-25-17-21(13-15-23(25)33-35-29(41)31-27(37)19-9-5-3-6-10-19)22-14-16-24(26(18-22)40-2)34-36-30(42)32-28(38)20-11-7-4-8-12-20/h3-18,33-34H,1-2H3,(H2,31,35,37,41)(H2,32,36,38,42). The predicted octanol–water partition coefficient (Wildman–Crippen LogP) is 4.63.